The standard InChI is InChI=1S/C7H7O2.K/c8-5-6-1-3-7(9)4-2-6;/h1-4,9H,5H2;/q-1;+1. The normalized spacial score (nSPS) is 8.50. The van der Waals surface area contributed by atoms with Gasteiger partial charge in [0.15, 0.2) is 0 Å². The van der Waals surface area contributed by atoms with Crippen LogP contribution in [0, 0.1) is 0 Å². The molecule has 10 heavy (non-hydrogen) atoms. The second-order valence-electron chi connectivity index (χ2n) is 1.81. The molecule has 0 aromatic heterocycles. The summed E-state index contributed by atoms with van der Waals surface area (Å²) in [5.41, 5.74) is 0.702. The number of hydrogen-bond acceptors (Lipinski definition) is 2. The minimum atomic E-state index is -0.222. The van der Waals surface area contributed by atoms with Gasteiger partial charge in [-0.05, 0) is 12.1 Å². The average molecular weight is 162 g/mol. The first-order chi connectivity index (χ1) is 4.33. The molecule has 0 spiro atoms. The van der Waals surface area contributed by atoms with Gasteiger partial charge in [0.25, 0.3) is 0 Å². The summed E-state index contributed by atoms with van der Waals surface area (Å²) in [4.78, 5) is 0. The van der Waals surface area contributed by atoms with Crippen LogP contribution in [0.5, 0.6) is 5.75 Å². The largest absolute Gasteiger partial charge is 1.00 e. The molecule has 0 bridgehead atoms. The molecule has 2 nitrogen and oxygen atoms in total. The summed E-state index contributed by atoms with van der Waals surface area (Å²) in [5.74, 6) is 0.201. The summed E-state index contributed by atoms with van der Waals surface area (Å²) in [7, 11) is 0. The van der Waals surface area contributed by atoms with Gasteiger partial charge in [-0.2, -0.15) is 0 Å². The Bertz CT molecular complexity index is 183. The molecule has 0 unspecified atom stereocenters. The molecule has 1 aromatic carbocycles. The molecule has 1 aromatic rings. The maximum absolute atomic E-state index is 10.2. The molecule has 0 saturated carbocycles. The van der Waals surface area contributed by atoms with Crippen LogP contribution >= 0.6 is 0 Å². The van der Waals surface area contributed by atoms with Gasteiger partial charge < -0.3 is 10.2 Å². The van der Waals surface area contributed by atoms with Crippen molar-refractivity contribution in [3.05, 3.63) is 29.8 Å². The first-order valence-corrected chi connectivity index (χ1v) is 2.69. The van der Waals surface area contributed by atoms with Crippen molar-refractivity contribution >= 4 is 0 Å². The van der Waals surface area contributed by atoms with Crippen LogP contribution in [0.15, 0.2) is 24.3 Å². The van der Waals surface area contributed by atoms with E-state index in [1.165, 1.54) is 12.1 Å². The number of hydrogen-bond donors (Lipinski definition) is 1. The van der Waals surface area contributed by atoms with Crippen LogP contribution in [0.25, 0.3) is 0 Å². The predicted octanol–water partition coefficient (Wildman–Crippen LogP) is -2.74. The maximum Gasteiger partial charge on any atom is 1.00 e. The minimum absolute atomic E-state index is 0. The third-order valence-electron chi connectivity index (χ3n) is 1.10. The van der Waals surface area contributed by atoms with Gasteiger partial charge >= 0.3 is 51.4 Å². The zero-order valence-electron chi connectivity index (χ0n) is 5.87. The second kappa shape index (κ2) is 5.29. The van der Waals surface area contributed by atoms with E-state index in [1.807, 2.05) is 0 Å². The summed E-state index contributed by atoms with van der Waals surface area (Å²) in [6.07, 6.45) is 0. The summed E-state index contributed by atoms with van der Waals surface area (Å²) in [6.45, 7) is -0.222. The monoisotopic (exact) mass is 162 g/mol. The number of benzene rings is 1. The third-order valence-corrected chi connectivity index (χ3v) is 1.10. The van der Waals surface area contributed by atoms with Crippen molar-refractivity contribution in [1.82, 2.24) is 0 Å². The van der Waals surface area contributed by atoms with Crippen LogP contribution < -0.4 is 56.5 Å². The molecule has 0 amide bonds. The van der Waals surface area contributed by atoms with Crippen molar-refractivity contribution in [3.63, 3.8) is 0 Å². The Balaban J connectivity index is 0.000000810. The minimum Gasteiger partial charge on any atom is -0.851 e. The molecule has 3 heteroatoms. The topological polar surface area (TPSA) is 43.3 Å². The molecule has 0 aliphatic rings. The molecule has 0 radical (unpaired) electrons. The number of aromatic hydroxyl groups is 1. The van der Waals surface area contributed by atoms with Gasteiger partial charge in [0.05, 0.1) is 0 Å². The van der Waals surface area contributed by atoms with Gasteiger partial charge in [-0.25, -0.2) is 0 Å². The zero-order chi connectivity index (χ0) is 6.69. The predicted molar refractivity (Wildman–Crippen MR) is 31.8 cm³/mol. The van der Waals surface area contributed by atoms with Crippen molar-refractivity contribution < 1.29 is 61.6 Å². The molecule has 0 heterocycles. The summed E-state index contributed by atoms with van der Waals surface area (Å²) >= 11 is 0. The summed E-state index contributed by atoms with van der Waals surface area (Å²) in [6, 6.07) is 6.24. The molecule has 0 fully saturated rings. The molecule has 0 atom stereocenters. The SMILES string of the molecule is [K+].[O-]Cc1ccc(O)cc1. The van der Waals surface area contributed by atoms with Gasteiger partial charge in [0.1, 0.15) is 5.75 Å². The fourth-order valence-corrected chi connectivity index (χ4v) is 0.592. The van der Waals surface area contributed by atoms with Gasteiger partial charge in [0, 0.05) is 0 Å². The van der Waals surface area contributed by atoms with E-state index in [0.717, 1.165) is 0 Å². The molecule has 48 valence electrons. The molecular weight excluding hydrogens is 155 g/mol. The van der Waals surface area contributed by atoms with Gasteiger partial charge in [0.2, 0.25) is 0 Å². The Morgan fingerprint density at radius 1 is 1.20 bits per heavy atom. The van der Waals surface area contributed by atoms with E-state index in [9.17, 15) is 5.11 Å². The van der Waals surface area contributed by atoms with E-state index in [0.29, 0.717) is 5.56 Å². The van der Waals surface area contributed by atoms with Gasteiger partial charge in [-0.15, -0.1) is 6.61 Å². The van der Waals surface area contributed by atoms with Crippen molar-refractivity contribution in [2.45, 2.75) is 6.61 Å². The number of rotatable bonds is 1. The third kappa shape index (κ3) is 3.14. The molecular formula is C7H7KO2. The fourth-order valence-electron chi connectivity index (χ4n) is 0.592. The average Bonchev–Trinajstić information content (AvgIpc) is 1.90. The maximum atomic E-state index is 10.2. The van der Waals surface area contributed by atoms with Gasteiger partial charge in [-0.1, -0.05) is 17.7 Å². The van der Waals surface area contributed by atoms with Crippen LogP contribution in [-0.2, 0) is 6.61 Å². The molecule has 1 rings (SSSR count). The Hall–Kier alpha value is 0.616. The Kier molecular flexibility index (Phi) is 5.62. The van der Waals surface area contributed by atoms with Crippen LogP contribution in [-0.4, -0.2) is 5.11 Å². The fraction of sp³-hybridized carbons (Fsp3) is 0.143. The van der Waals surface area contributed by atoms with Crippen molar-refractivity contribution in [2.24, 2.45) is 0 Å². The quantitative estimate of drug-likeness (QED) is 0.455. The van der Waals surface area contributed by atoms with Gasteiger partial charge in [-0.3, -0.25) is 0 Å². The first kappa shape index (κ1) is 10.6. The van der Waals surface area contributed by atoms with E-state index in [2.05, 4.69) is 0 Å². The molecule has 0 saturated heterocycles. The number of phenolic OH excluding ortho intramolecular Hbond substituents is 1. The number of phenols is 1. The van der Waals surface area contributed by atoms with E-state index < -0.39 is 0 Å². The summed E-state index contributed by atoms with van der Waals surface area (Å²) < 4.78 is 0. The molecule has 1 N–H and O–H groups in total. The Morgan fingerprint density at radius 3 is 2.10 bits per heavy atom. The van der Waals surface area contributed by atoms with Crippen LogP contribution in [0.1, 0.15) is 5.56 Å². The summed E-state index contributed by atoms with van der Waals surface area (Å²) in [5, 5.41) is 18.9. The van der Waals surface area contributed by atoms with Crippen LogP contribution in [0.4, 0.5) is 0 Å². The smallest absolute Gasteiger partial charge is 0.851 e. The second-order valence-corrected chi connectivity index (χ2v) is 1.81. The van der Waals surface area contributed by atoms with Crippen LogP contribution in [0.3, 0.4) is 0 Å². The molecule has 0 aliphatic heterocycles. The van der Waals surface area contributed by atoms with E-state index in [4.69, 9.17) is 5.11 Å². The molecule has 0 aliphatic carbocycles. The van der Waals surface area contributed by atoms with E-state index in [-0.39, 0.29) is 63.7 Å². The van der Waals surface area contributed by atoms with Crippen LogP contribution in [0.2, 0.25) is 0 Å². The Morgan fingerprint density at radius 2 is 1.70 bits per heavy atom. The van der Waals surface area contributed by atoms with E-state index in [1.54, 1.807) is 12.1 Å². The van der Waals surface area contributed by atoms with Crippen molar-refractivity contribution in [2.75, 3.05) is 0 Å². The van der Waals surface area contributed by atoms with E-state index >= 15 is 0 Å². The van der Waals surface area contributed by atoms with Crippen molar-refractivity contribution in [1.29, 1.82) is 0 Å². The Labute approximate surface area is 102 Å². The zero-order valence-corrected chi connectivity index (χ0v) is 9.00. The first-order valence-electron chi connectivity index (χ1n) is 2.69. The van der Waals surface area contributed by atoms with Crippen molar-refractivity contribution in [3.8, 4) is 5.75 Å².